The van der Waals surface area contributed by atoms with E-state index in [0.717, 1.165) is 38.9 Å². The molecule has 0 unspecified atom stereocenters. The van der Waals surface area contributed by atoms with E-state index in [-0.39, 0.29) is 18.3 Å². The molecule has 3 rings (SSSR count). The van der Waals surface area contributed by atoms with Crippen molar-refractivity contribution in [1.29, 1.82) is 0 Å². The monoisotopic (exact) mass is 382 g/mol. The van der Waals surface area contributed by atoms with Crippen LogP contribution in [0.5, 0.6) is 0 Å². The number of rotatable bonds is 5. The highest BCUT2D eigenvalue weighted by atomic mass is 32.2. The first kappa shape index (κ1) is 19.4. The zero-order valence-corrected chi connectivity index (χ0v) is 16.6. The number of hydrogen-bond acceptors (Lipinski definition) is 3. The van der Waals surface area contributed by atoms with E-state index in [1.165, 1.54) is 17.7 Å². The Labute approximate surface area is 163 Å². The maximum absolute atomic E-state index is 13.4. The van der Waals surface area contributed by atoms with Crippen LogP contribution in [0.25, 0.3) is 12.2 Å². The largest absolute Gasteiger partial charge is 0.348 e. The van der Waals surface area contributed by atoms with Gasteiger partial charge in [-0.05, 0) is 55.4 Å². The summed E-state index contributed by atoms with van der Waals surface area (Å²) in [5.41, 5.74) is 3.45. The molecule has 0 aliphatic heterocycles. The lowest BCUT2D eigenvalue weighted by Crippen LogP contribution is -2.36. The van der Waals surface area contributed by atoms with Gasteiger partial charge in [0.1, 0.15) is 10.8 Å². The van der Waals surface area contributed by atoms with Crippen LogP contribution in [-0.2, 0) is 6.54 Å². The predicted octanol–water partition coefficient (Wildman–Crippen LogP) is 3.48. The minimum absolute atomic E-state index is 0.176. The number of aromatic nitrogens is 1. The minimum atomic E-state index is -0.306. The van der Waals surface area contributed by atoms with Crippen molar-refractivity contribution >= 4 is 29.8 Å². The lowest BCUT2D eigenvalue weighted by Gasteiger charge is -2.13. The van der Waals surface area contributed by atoms with Gasteiger partial charge in [-0.15, -0.1) is 11.8 Å². The van der Waals surface area contributed by atoms with Gasteiger partial charge < -0.3 is 5.32 Å². The third-order valence-electron chi connectivity index (χ3n) is 4.47. The molecule has 0 bridgehead atoms. The number of hydrogen-bond donors (Lipinski definition) is 1. The normalized spacial score (nSPS) is 13.0. The number of allylic oxidation sites excluding steroid dienone is 2. The fraction of sp³-hybridized carbons (Fsp3) is 0.273. The number of nitrogens with one attached hydrogen (secondary N) is 1. The summed E-state index contributed by atoms with van der Waals surface area (Å²) in [6.07, 6.45) is 7.16. The van der Waals surface area contributed by atoms with E-state index < -0.39 is 0 Å². The van der Waals surface area contributed by atoms with Crippen LogP contribution in [0.2, 0.25) is 0 Å². The van der Waals surface area contributed by atoms with Gasteiger partial charge in [0, 0.05) is 11.8 Å². The number of carbonyl (C=O) groups excluding carboxylic acids is 1. The van der Waals surface area contributed by atoms with Gasteiger partial charge >= 0.3 is 0 Å². The Morgan fingerprint density at radius 3 is 2.85 bits per heavy atom. The molecular formula is C22H23FN2OS. The van der Waals surface area contributed by atoms with Crippen LogP contribution in [-0.4, -0.2) is 16.6 Å². The molecule has 0 spiro atoms. The summed E-state index contributed by atoms with van der Waals surface area (Å²) in [7, 11) is 0. The first-order valence-corrected chi connectivity index (χ1v) is 10.0. The standard InChI is InChI=1S/C22H23FN2OS/c1-4-27-22-20(21(26)24-13-16-8-6-9-17(23)12-16)15(3)18-10-5-7-14(2)11-19(18)25-22/h6-12H,4-5,13H2,1-3H3,(H,24,26). The smallest absolute Gasteiger partial charge is 0.254 e. The SMILES string of the molecule is CCSc1nc2c(c(C)c1C(=O)NCc1cccc(F)c1)=CCC=C(C)C=2. The second kappa shape index (κ2) is 8.53. The van der Waals surface area contributed by atoms with E-state index >= 15 is 0 Å². The van der Waals surface area contributed by atoms with Gasteiger partial charge in [0.25, 0.3) is 5.91 Å². The van der Waals surface area contributed by atoms with Crippen LogP contribution in [0.3, 0.4) is 0 Å². The van der Waals surface area contributed by atoms with Gasteiger partial charge in [-0.25, -0.2) is 9.37 Å². The van der Waals surface area contributed by atoms with Crippen LogP contribution in [0, 0.1) is 12.7 Å². The maximum Gasteiger partial charge on any atom is 0.254 e. The highest BCUT2D eigenvalue weighted by molar-refractivity contribution is 7.99. The Bertz CT molecular complexity index is 1030. The number of halogens is 1. The van der Waals surface area contributed by atoms with Crippen molar-refractivity contribution in [3.8, 4) is 0 Å². The summed E-state index contributed by atoms with van der Waals surface area (Å²) < 4.78 is 13.4. The maximum atomic E-state index is 13.4. The molecule has 0 saturated carbocycles. The van der Waals surface area contributed by atoms with Gasteiger partial charge in [0.15, 0.2) is 0 Å². The molecule has 5 heteroatoms. The highest BCUT2D eigenvalue weighted by Gasteiger charge is 2.18. The van der Waals surface area contributed by atoms with Gasteiger partial charge in [-0.1, -0.05) is 36.8 Å². The molecule has 3 nitrogen and oxygen atoms in total. The molecule has 1 aromatic carbocycles. The fourth-order valence-corrected chi connectivity index (χ4v) is 3.97. The molecule has 1 amide bonds. The van der Waals surface area contributed by atoms with Crippen LogP contribution in [0.15, 0.2) is 40.9 Å². The van der Waals surface area contributed by atoms with E-state index in [2.05, 4.69) is 30.5 Å². The van der Waals surface area contributed by atoms with Crippen molar-refractivity contribution in [1.82, 2.24) is 10.3 Å². The van der Waals surface area contributed by atoms with E-state index in [1.807, 2.05) is 13.8 Å². The predicted molar refractivity (Wildman–Crippen MR) is 109 cm³/mol. The van der Waals surface area contributed by atoms with Gasteiger partial charge in [0.2, 0.25) is 0 Å². The van der Waals surface area contributed by atoms with Crippen molar-refractivity contribution in [2.75, 3.05) is 5.75 Å². The first-order chi connectivity index (χ1) is 13.0. The average Bonchev–Trinajstić information content (AvgIpc) is 2.81. The van der Waals surface area contributed by atoms with Crippen molar-refractivity contribution in [3.05, 3.63) is 69.0 Å². The van der Waals surface area contributed by atoms with Crippen LogP contribution >= 0.6 is 11.8 Å². The van der Waals surface area contributed by atoms with Gasteiger partial charge in [-0.3, -0.25) is 4.79 Å². The molecular weight excluding hydrogens is 359 g/mol. The molecule has 0 atom stereocenters. The molecule has 1 N–H and O–H groups in total. The molecule has 27 heavy (non-hydrogen) atoms. The number of thioether (sulfide) groups is 1. The fourth-order valence-electron chi connectivity index (χ4n) is 3.14. The zero-order chi connectivity index (χ0) is 19.4. The molecule has 1 aromatic heterocycles. The summed E-state index contributed by atoms with van der Waals surface area (Å²) in [6.45, 7) is 6.36. The molecule has 1 aliphatic carbocycles. The zero-order valence-electron chi connectivity index (χ0n) is 15.8. The minimum Gasteiger partial charge on any atom is -0.348 e. The Morgan fingerprint density at radius 1 is 1.30 bits per heavy atom. The number of nitrogens with zero attached hydrogens (tertiary/aromatic N) is 1. The molecule has 0 radical (unpaired) electrons. The van der Waals surface area contributed by atoms with Crippen LogP contribution in [0.4, 0.5) is 4.39 Å². The van der Waals surface area contributed by atoms with E-state index in [0.29, 0.717) is 5.56 Å². The van der Waals surface area contributed by atoms with E-state index in [9.17, 15) is 9.18 Å². The first-order valence-electron chi connectivity index (χ1n) is 9.04. The summed E-state index contributed by atoms with van der Waals surface area (Å²) in [6, 6.07) is 6.26. The average molecular weight is 383 g/mol. The molecule has 0 saturated heterocycles. The highest BCUT2D eigenvalue weighted by Crippen LogP contribution is 2.20. The van der Waals surface area contributed by atoms with E-state index in [4.69, 9.17) is 4.98 Å². The van der Waals surface area contributed by atoms with Crippen molar-refractivity contribution in [3.63, 3.8) is 0 Å². The van der Waals surface area contributed by atoms with E-state index in [1.54, 1.807) is 23.9 Å². The Balaban J connectivity index is 1.99. The van der Waals surface area contributed by atoms with Crippen LogP contribution in [0.1, 0.15) is 41.8 Å². The second-order valence-electron chi connectivity index (χ2n) is 6.49. The molecule has 0 fully saturated rings. The summed E-state index contributed by atoms with van der Waals surface area (Å²) in [5, 5.41) is 5.58. The number of pyridine rings is 1. The second-order valence-corrected chi connectivity index (χ2v) is 7.75. The molecule has 1 heterocycles. The lowest BCUT2D eigenvalue weighted by molar-refractivity contribution is 0.0946. The third kappa shape index (κ3) is 4.48. The molecule has 1 aliphatic rings. The molecule has 2 aromatic rings. The topological polar surface area (TPSA) is 42.0 Å². The van der Waals surface area contributed by atoms with Crippen LogP contribution < -0.4 is 15.9 Å². The number of amides is 1. The lowest BCUT2D eigenvalue weighted by atomic mass is 10.1. The Hall–Kier alpha value is -2.40. The van der Waals surface area contributed by atoms with Crippen molar-refractivity contribution in [2.45, 2.75) is 38.8 Å². The summed E-state index contributed by atoms with van der Waals surface area (Å²) in [5.74, 6) is 0.346. The molecule has 140 valence electrons. The van der Waals surface area contributed by atoms with Gasteiger partial charge in [0.05, 0.1) is 10.9 Å². The van der Waals surface area contributed by atoms with Crippen molar-refractivity contribution < 1.29 is 9.18 Å². The Morgan fingerprint density at radius 2 is 2.11 bits per heavy atom. The summed E-state index contributed by atoms with van der Waals surface area (Å²) in [4.78, 5) is 17.7. The Kier molecular flexibility index (Phi) is 6.11. The van der Waals surface area contributed by atoms with Gasteiger partial charge in [-0.2, -0.15) is 0 Å². The van der Waals surface area contributed by atoms with Crippen molar-refractivity contribution in [2.24, 2.45) is 0 Å². The number of benzene rings is 1. The quantitative estimate of drug-likeness (QED) is 0.805. The number of fused-ring (bicyclic) bond motifs is 1. The summed E-state index contributed by atoms with van der Waals surface area (Å²) >= 11 is 1.56. The third-order valence-corrected chi connectivity index (χ3v) is 5.32. The number of carbonyl (C=O) groups is 1.